The number of rotatable bonds is 8. The number of hydrogen-bond donors (Lipinski definition) is 2. The van der Waals surface area contributed by atoms with E-state index in [4.69, 9.17) is 0 Å². The molecule has 0 fully saturated rings. The van der Waals surface area contributed by atoms with E-state index in [0.29, 0.717) is 25.1 Å². The fourth-order valence-electron chi connectivity index (χ4n) is 3.81. The van der Waals surface area contributed by atoms with Gasteiger partial charge in [0, 0.05) is 62.5 Å². The highest BCUT2D eigenvalue weighted by molar-refractivity contribution is 5.83. The summed E-state index contributed by atoms with van der Waals surface area (Å²) in [7, 11) is 3.90. The van der Waals surface area contributed by atoms with E-state index >= 15 is 0 Å². The molecule has 2 N–H and O–H groups in total. The van der Waals surface area contributed by atoms with Crippen LogP contribution in [0.2, 0.25) is 0 Å². The van der Waals surface area contributed by atoms with Crippen LogP contribution in [-0.2, 0) is 17.6 Å². The van der Waals surface area contributed by atoms with E-state index in [9.17, 15) is 4.79 Å². The number of carbonyl (C=O) groups is 1. The van der Waals surface area contributed by atoms with Gasteiger partial charge in [0.15, 0.2) is 0 Å². The van der Waals surface area contributed by atoms with Crippen molar-refractivity contribution in [3.63, 3.8) is 0 Å². The lowest BCUT2D eigenvalue weighted by Gasteiger charge is -2.21. The standard InChI is InChI=1S/C25H28N6O/c1-17-28-23(15-24(29-17)31(2)3)22(14-19-16-27-21-7-5-4-6-20(19)21)30-25(32)9-8-18-10-12-26-13-11-18/h4-7,10-13,15-16,22,27H,8-9,14H2,1-3H3,(H,30,32)/t22-/m0/s1. The lowest BCUT2D eigenvalue weighted by molar-refractivity contribution is -0.121. The Labute approximate surface area is 187 Å². The van der Waals surface area contributed by atoms with Gasteiger partial charge in [-0.2, -0.15) is 0 Å². The van der Waals surface area contributed by atoms with Gasteiger partial charge < -0.3 is 15.2 Å². The number of fused-ring (bicyclic) bond motifs is 1. The quantitative estimate of drug-likeness (QED) is 0.446. The molecule has 0 spiro atoms. The number of anilines is 1. The van der Waals surface area contributed by atoms with Crippen LogP contribution in [0.1, 0.15) is 35.1 Å². The van der Waals surface area contributed by atoms with Gasteiger partial charge in [0.05, 0.1) is 11.7 Å². The second-order valence-electron chi connectivity index (χ2n) is 8.13. The summed E-state index contributed by atoms with van der Waals surface area (Å²) in [6, 6.07) is 13.8. The molecule has 3 heterocycles. The van der Waals surface area contributed by atoms with E-state index < -0.39 is 0 Å². The molecule has 1 amide bonds. The molecule has 0 unspecified atom stereocenters. The maximum Gasteiger partial charge on any atom is 0.220 e. The minimum atomic E-state index is -0.264. The first-order valence-corrected chi connectivity index (χ1v) is 10.8. The number of aromatic amines is 1. The smallest absolute Gasteiger partial charge is 0.220 e. The molecule has 1 atom stereocenters. The number of aryl methyl sites for hydroxylation is 2. The largest absolute Gasteiger partial charge is 0.363 e. The molecular formula is C25H28N6O. The van der Waals surface area contributed by atoms with Gasteiger partial charge in [0.1, 0.15) is 11.6 Å². The fourth-order valence-corrected chi connectivity index (χ4v) is 3.81. The van der Waals surface area contributed by atoms with Gasteiger partial charge in [0.2, 0.25) is 5.91 Å². The van der Waals surface area contributed by atoms with Crippen molar-refractivity contribution in [3.05, 3.63) is 83.7 Å². The van der Waals surface area contributed by atoms with Crippen LogP contribution < -0.4 is 10.2 Å². The zero-order valence-corrected chi connectivity index (χ0v) is 18.7. The molecule has 164 valence electrons. The maximum atomic E-state index is 12.9. The molecule has 7 heteroatoms. The Balaban J connectivity index is 1.59. The first kappa shape index (κ1) is 21.5. The summed E-state index contributed by atoms with van der Waals surface area (Å²) < 4.78 is 0. The number of benzene rings is 1. The van der Waals surface area contributed by atoms with Gasteiger partial charge >= 0.3 is 0 Å². The van der Waals surface area contributed by atoms with Gasteiger partial charge in [0.25, 0.3) is 0 Å². The van der Waals surface area contributed by atoms with E-state index in [-0.39, 0.29) is 11.9 Å². The highest BCUT2D eigenvalue weighted by Crippen LogP contribution is 2.25. The van der Waals surface area contributed by atoms with Crippen LogP contribution >= 0.6 is 0 Å². The molecular weight excluding hydrogens is 400 g/mol. The summed E-state index contributed by atoms with van der Waals surface area (Å²) >= 11 is 0. The third-order valence-corrected chi connectivity index (χ3v) is 5.48. The number of para-hydroxylation sites is 1. The van der Waals surface area contributed by atoms with Crippen LogP contribution in [-0.4, -0.2) is 39.9 Å². The Hall–Kier alpha value is -3.74. The molecule has 4 aromatic rings. The molecule has 1 aromatic carbocycles. The van der Waals surface area contributed by atoms with Gasteiger partial charge in [-0.05, 0) is 42.7 Å². The van der Waals surface area contributed by atoms with Crippen molar-refractivity contribution in [1.82, 2.24) is 25.3 Å². The maximum absolute atomic E-state index is 12.9. The highest BCUT2D eigenvalue weighted by atomic mass is 16.1. The lowest BCUT2D eigenvalue weighted by atomic mass is 10.0. The number of pyridine rings is 1. The van der Waals surface area contributed by atoms with Gasteiger partial charge in [-0.3, -0.25) is 9.78 Å². The first-order valence-electron chi connectivity index (χ1n) is 10.8. The molecule has 4 rings (SSSR count). The number of nitrogens with zero attached hydrogens (tertiary/aromatic N) is 4. The van der Waals surface area contributed by atoms with Crippen LogP contribution in [0.15, 0.2) is 61.1 Å². The normalized spacial score (nSPS) is 12.0. The Morgan fingerprint density at radius 3 is 2.69 bits per heavy atom. The van der Waals surface area contributed by atoms with E-state index in [1.165, 1.54) is 0 Å². The second kappa shape index (κ2) is 9.60. The molecule has 0 saturated heterocycles. The zero-order valence-electron chi connectivity index (χ0n) is 18.7. The third-order valence-electron chi connectivity index (χ3n) is 5.48. The lowest BCUT2D eigenvalue weighted by Crippen LogP contribution is -2.31. The SMILES string of the molecule is Cc1nc([C@H](Cc2c[nH]c3ccccc23)NC(=O)CCc2ccncc2)cc(N(C)C)n1. The summed E-state index contributed by atoms with van der Waals surface area (Å²) in [5.41, 5.74) is 4.13. The Morgan fingerprint density at radius 1 is 1.12 bits per heavy atom. The van der Waals surface area contributed by atoms with E-state index in [1.807, 2.05) is 62.4 Å². The Bertz CT molecular complexity index is 1200. The van der Waals surface area contributed by atoms with Crippen LogP contribution in [0.3, 0.4) is 0 Å². The predicted octanol–water partition coefficient (Wildman–Crippen LogP) is 3.76. The number of nitrogens with one attached hydrogen (secondary N) is 2. The van der Waals surface area contributed by atoms with Crippen molar-refractivity contribution in [2.45, 2.75) is 32.2 Å². The molecule has 7 nitrogen and oxygen atoms in total. The van der Waals surface area contributed by atoms with E-state index in [1.54, 1.807) is 12.4 Å². The third kappa shape index (κ3) is 5.11. The minimum Gasteiger partial charge on any atom is -0.363 e. The van der Waals surface area contributed by atoms with Crippen molar-refractivity contribution < 1.29 is 4.79 Å². The van der Waals surface area contributed by atoms with E-state index in [2.05, 4.69) is 37.4 Å². The number of aromatic nitrogens is 4. The Kier molecular flexibility index (Phi) is 6.44. The highest BCUT2D eigenvalue weighted by Gasteiger charge is 2.20. The number of H-pyrrole nitrogens is 1. The topological polar surface area (TPSA) is 86.8 Å². The molecule has 0 aliphatic carbocycles. The summed E-state index contributed by atoms with van der Waals surface area (Å²) in [6.07, 6.45) is 7.22. The number of carbonyl (C=O) groups excluding carboxylic acids is 1. The van der Waals surface area contributed by atoms with Crippen molar-refractivity contribution in [3.8, 4) is 0 Å². The molecule has 0 bridgehead atoms. The number of hydrogen-bond acceptors (Lipinski definition) is 5. The molecule has 0 radical (unpaired) electrons. The molecule has 0 saturated carbocycles. The molecule has 3 aromatic heterocycles. The van der Waals surface area contributed by atoms with Crippen LogP contribution in [0.4, 0.5) is 5.82 Å². The van der Waals surface area contributed by atoms with Crippen molar-refractivity contribution in [1.29, 1.82) is 0 Å². The average Bonchev–Trinajstić information content (AvgIpc) is 3.20. The average molecular weight is 429 g/mol. The van der Waals surface area contributed by atoms with Gasteiger partial charge in [-0.1, -0.05) is 18.2 Å². The zero-order chi connectivity index (χ0) is 22.5. The fraction of sp³-hybridized carbons (Fsp3) is 0.280. The van der Waals surface area contributed by atoms with Crippen molar-refractivity contribution in [2.75, 3.05) is 19.0 Å². The predicted molar refractivity (Wildman–Crippen MR) is 127 cm³/mol. The first-order chi connectivity index (χ1) is 15.5. The summed E-state index contributed by atoms with van der Waals surface area (Å²) in [5, 5.41) is 4.38. The number of amides is 1. The monoisotopic (exact) mass is 428 g/mol. The summed E-state index contributed by atoms with van der Waals surface area (Å²) in [4.78, 5) is 31.4. The molecule has 32 heavy (non-hydrogen) atoms. The van der Waals surface area contributed by atoms with Crippen LogP contribution in [0.5, 0.6) is 0 Å². The van der Waals surface area contributed by atoms with E-state index in [0.717, 1.165) is 33.5 Å². The van der Waals surface area contributed by atoms with Crippen LogP contribution in [0.25, 0.3) is 10.9 Å². The minimum absolute atomic E-state index is 0.00526. The van der Waals surface area contributed by atoms with Gasteiger partial charge in [-0.25, -0.2) is 9.97 Å². The summed E-state index contributed by atoms with van der Waals surface area (Å²) in [5.74, 6) is 1.50. The molecule has 0 aliphatic heterocycles. The van der Waals surface area contributed by atoms with Crippen LogP contribution in [0, 0.1) is 6.92 Å². The van der Waals surface area contributed by atoms with Gasteiger partial charge in [-0.15, -0.1) is 0 Å². The van der Waals surface area contributed by atoms with Crippen molar-refractivity contribution in [2.24, 2.45) is 0 Å². The summed E-state index contributed by atoms with van der Waals surface area (Å²) in [6.45, 7) is 1.88. The molecule has 0 aliphatic rings. The second-order valence-corrected chi connectivity index (χ2v) is 8.13. The van der Waals surface area contributed by atoms with Crippen molar-refractivity contribution >= 4 is 22.6 Å². The Morgan fingerprint density at radius 2 is 1.91 bits per heavy atom.